The van der Waals surface area contributed by atoms with Crippen molar-refractivity contribution in [2.24, 2.45) is 17.3 Å². The van der Waals surface area contributed by atoms with Crippen molar-refractivity contribution in [2.45, 2.75) is 34.1 Å². The van der Waals surface area contributed by atoms with E-state index in [1.54, 1.807) is 0 Å². The van der Waals surface area contributed by atoms with Crippen LogP contribution in [0.25, 0.3) is 0 Å². The highest BCUT2D eigenvalue weighted by molar-refractivity contribution is 5.35. The van der Waals surface area contributed by atoms with Gasteiger partial charge in [0.15, 0.2) is 0 Å². The normalized spacial score (nSPS) is 36.4. The van der Waals surface area contributed by atoms with Crippen LogP contribution in [0.3, 0.4) is 0 Å². The van der Waals surface area contributed by atoms with E-state index in [0.717, 1.165) is 5.92 Å². The molecule has 1 unspecified atom stereocenters. The van der Waals surface area contributed by atoms with E-state index >= 15 is 0 Å². The van der Waals surface area contributed by atoms with Gasteiger partial charge in [0.25, 0.3) is 0 Å². The summed E-state index contributed by atoms with van der Waals surface area (Å²) in [6.45, 7) is 9.33. The van der Waals surface area contributed by atoms with Gasteiger partial charge in [-0.25, -0.2) is 0 Å². The molecule has 0 aliphatic heterocycles. The molecule has 1 aliphatic carbocycles. The molecular formula is C13H23N. The Labute approximate surface area is 88.3 Å². The summed E-state index contributed by atoms with van der Waals surface area (Å²) in [6, 6.07) is 0. The molecule has 0 aromatic carbocycles. The molecule has 0 aromatic heterocycles. The first kappa shape index (κ1) is 11.4. The first-order valence-corrected chi connectivity index (χ1v) is 5.63. The minimum Gasteiger partial charge on any atom is -0.394 e. The van der Waals surface area contributed by atoms with Crippen LogP contribution >= 0.6 is 0 Å². The van der Waals surface area contributed by atoms with Crippen LogP contribution in [-0.2, 0) is 0 Å². The Morgan fingerprint density at radius 3 is 2.79 bits per heavy atom. The maximum absolute atomic E-state index is 3.15. The van der Waals surface area contributed by atoms with Gasteiger partial charge in [-0.05, 0) is 23.6 Å². The SMILES string of the molecule is CC[C@H](C)[C@@]1(C)/C(=C\NC)C=CC1C. The molecule has 0 aromatic rings. The molecule has 0 spiro atoms. The minimum absolute atomic E-state index is 0.317. The molecule has 1 aliphatic rings. The fourth-order valence-corrected chi connectivity index (χ4v) is 2.41. The molecule has 1 heteroatoms. The van der Waals surface area contributed by atoms with Gasteiger partial charge in [0, 0.05) is 12.5 Å². The van der Waals surface area contributed by atoms with Crippen LogP contribution in [0.1, 0.15) is 34.1 Å². The number of hydrogen-bond donors (Lipinski definition) is 1. The summed E-state index contributed by atoms with van der Waals surface area (Å²) in [6.07, 6.45) is 7.98. The van der Waals surface area contributed by atoms with Crippen LogP contribution in [0.15, 0.2) is 23.9 Å². The zero-order valence-electron chi connectivity index (χ0n) is 10.1. The molecule has 0 amide bonds. The number of allylic oxidation sites excluding steroid dienone is 3. The zero-order valence-corrected chi connectivity index (χ0v) is 10.1. The second kappa shape index (κ2) is 4.20. The Kier molecular flexibility index (Phi) is 3.41. The highest BCUT2D eigenvalue weighted by Crippen LogP contribution is 2.48. The smallest absolute Gasteiger partial charge is 0.00278 e. The molecule has 0 fully saturated rings. The second-order valence-electron chi connectivity index (χ2n) is 4.63. The van der Waals surface area contributed by atoms with Crippen LogP contribution in [0.4, 0.5) is 0 Å². The lowest BCUT2D eigenvalue weighted by molar-refractivity contribution is 0.204. The van der Waals surface area contributed by atoms with Gasteiger partial charge in [0.1, 0.15) is 0 Å². The quantitative estimate of drug-likeness (QED) is 0.725. The molecule has 0 saturated heterocycles. The van der Waals surface area contributed by atoms with Crippen molar-refractivity contribution in [3.8, 4) is 0 Å². The third-order valence-corrected chi connectivity index (χ3v) is 4.07. The van der Waals surface area contributed by atoms with Gasteiger partial charge in [-0.1, -0.05) is 46.3 Å². The maximum atomic E-state index is 3.15. The zero-order chi connectivity index (χ0) is 10.8. The van der Waals surface area contributed by atoms with Crippen LogP contribution in [-0.4, -0.2) is 7.05 Å². The number of nitrogens with one attached hydrogen (secondary N) is 1. The Morgan fingerprint density at radius 1 is 1.64 bits per heavy atom. The molecule has 80 valence electrons. The maximum Gasteiger partial charge on any atom is 0.00278 e. The van der Waals surface area contributed by atoms with Gasteiger partial charge in [-0.3, -0.25) is 0 Å². The van der Waals surface area contributed by atoms with Crippen molar-refractivity contribution in [1.82, 2.24) is 5.32 Å². The van der Waals surface area contributed by atoms with E-state index in [2.05, 4.69) is 51.4 Å². The van der Waals surface area contributed by atoms with E-state index in [1.165, 1.54) is 12.0 Å². The standard InChI is InChI=1S/C13H23N/c1-6-10(2)13(4)11(3)7-8-12(13)9-14-5/h7-11,14H,6H2,1-5H3/b12-9-/t10-,11?,13+/m0/s1. The predicted molar refractivity (Wildman–Crippen MR) is 63.0 cm³/mol. The van der Waals surface area contributed by atoms with Crippen LogP contribution in [0.2, 0.25) is 0 Å². The summed E-state index contributed by atoms with van der Waals surface area (Å²) in [4.78, 5) is 0. The number of rotatable bonds is 3. The third-order valence-electron chi connectivity index (χ3n) is 4.07. The van der Waals surface area contributed by atoms with Crippen LogP contribution < -0.4 is 5.32 Å². The fourth-order valence-electron chi connectivity index (χ4n) is 2.41. The van der Waals surface area contributed by atoms with Crippen molar-refractivity contribution in [1.29, 1.82) is 0 Å². The van der Waals surface area contributed by atoms with Crippen molar-refractivity contribution < 1.29 is 0 Å². The molecule has 1 nitrogen and oxygen atoms in total. The summed E-state index contributed by atoms with van der Waals surface area (Å²) < 4.78 is 0. The Balaban J connectivity index is 2.99. The summed E-state index contributed by atoms with van der Waals surface area (Å²) in [5.74, 6) is 1.38. The van der Waals surface area contributed by atoms with Crippen molar-refractivity contribution in [2.75, 3.05) is 7.05 Å². The Morgan fingerprint density at radius 2 is 2.29 bits per heavy atom. The lowest BCUT2D eigenvalue weighted by atomic mass is 9.67. The van der Waals surface area contributed by atoms with Gasteiger partial charge >= 0.3 is 0 Å². The molecule has 0 heterocycles. The molecular weight excluding hydrogens is 170 g/mol. The molecule has 14 heavy (non-hydrogen) atoms. The Bertz CT molecular complexity index is 252. The van der Waals surface area contributed by atoms with Gasteiger partial charge in [0.05, 0.1) is 0 Å². The Hall–Kier alpha value is -0.720. The summed E-state index contributed by atoms with van der Waals surface area (Å²) in [5, 5.41) is 3.15. The van der Waals surface area contributed by atoms with Crippen molar-refractivity contribution >= 4 is 0 Å². The minimum atomic E-state index is 0.317. The first-order valence-electron chi connectivity index (χ1n) is 5.63. The number of hydrogen-bond acceptors (Lipinski definition) is 1. The first-order chi connectivity index (χ1) is 6.57. The highest BCUT2D eigenvalue weighted by atomic mass is 14.8. The molecule has 3 atom stereocenters. The fraction of sp³-hybridized carbons (Fsp3) is 0.692. The summed E-state index contributed by atoms with van der Waals surface area (Å²) in [7, 11) is 1.97. The molecule has 0 saturated carbocycles. The summed E-state index contributed by atoms with van der Waals surface area (Å²) in [5.41, 5.74) is 1.76. The lowest BCUT2D eigenvalue weighted by Crippen LogP contribution is -2.30. The molecule has 1 rings (SSSR count). The molecule has 1 N–H and O–H groups in total. The monoisotopic (exact) mass is 193 g/mol. The second-order valence-corrected chi connectivity index (χ2v) is 4.63. The van der Waals surface area contributed by atoms with Gasteiger partial charge in [-0.15, -0.1) is 0 Å². The predicted octanol–water partition coefficient (Wildman–Crippen LogP) is 3.35. The van der Waals surface area contributed by atoms with E-state index in [4.69, 9.17) is 0 Å². The molecule has 0 radical (unpaired) electrons. The average Bonchev–Trinajstić information content (AvgIpc) is 2.46. The molecule has 0 bridgehead atoms. The van der Waals surface area contributed by atoms with Gasteiger partial charge in [0.2, 0.25) is 0 Å². The highest BCUT2D eigenvalue weighted by Gasteiger charge is 2.40. The largest absolute Gasteiger partial charge is 0.394 e. The van der Waals surface area contributed by atoms with E-state index in [-0.39, 0.29) is 0 Å². The van der Waals surface area contributed by atoms with E-state index in [0.29, 0.717) is 11.3 Å². The van der Waals surface area contributed by atoms with E-state index in [1.807, 2.05) is 7.05 Å². The average molecular weight is 193 g/mol. The van der Waals surface area contributed by atoms with Gasteiger partial charge < -0.3 is 5.32 Å². The van der Waals surface area contributed by atoms with Crippen LogP contribution in [0.5, 0.6) is 0 Å². The van der Waals surface area contributed by atoms with Crippen LogP contribution in [0, 0.1) is 17.3 Å². The van der Waals surface area contributed by atoms with Gasteiger partial charge in [-0.2, -0.15) is 0 Å². The van der Waals surface area contributed by atoms with E-state index < -0.39 is 0 Å². The lowest BCUT2D eigenvalue weighted by Gasteiger charge is -2.37. The van der Waals surface area contributed by atoms with Crippen molar-refractivity contribution in [3.05, 3.63) is 23.9 Å². The van der Waals surface area contributed by atoms with Crippen molar-refractivity contribution in [3.63, 3.8) is 0 Å². The summed E-state index contributed by atoms with van der Waals surface area (Å²) >= 11 is 0. The third kappa shape index (κ3) is 1.60. The van der Waals surface area contributed by atoms with E-state index in [9.17, 15) is 0 Å². The topological polar surface area (TPSA) is 12.0 Å².